The van der Waals surface area contributed by atoms with E-state index >= 15 is 0 Å². The second-order valence-electron chi connectivity index (χ2n) is 6.98. The van der Waals surface area contributed by atoms with E-state index in [2.05, 4.69) is 30.6 Å². The Morgan fingerprint density at radius 2 is 1.86 bits per heavy atom. The van der Waals surface area contributed by atoms with Crippen LogP contribution in [0.25, 0.3) is 0 Å². The summed E-state index contributed by atoms with van der Waals surface area (Å²) in [5.74, 6) is -0.264. The lowest BCUT2D eigenvalue weighted by Gasteiger charge is -2.13. The monoisotopic (exact) mass is 384 g/mol. The first-order valence-electron chi connectivity index (χ1n) is 9.24. The van der Waals surface area contributed by atoms with Gasteiger partial charge in [-0.15, -0.1) is 0 Å². The minimum atomic E-state index is -0.363. The van der Waals surface area contributed by atoms with E-state index in [-0.39, 0.29) is 17.5 Å². The van der Waals surface area contributed by atoms with Gasteiger partial charge in [-0.2, -0.15) is 0 Å². The van der Waals surface area contributed by atoms with Gasteiger partial charge in [-0.25, -0.2) is 19.9 Å². The van der Waals surface area contributed by atoms with Crippen molar-refractivity contribution in [2.75, 3.05) is 10.6 Å². The normalized spacial score (nSPS) is 14.6. The van der Waals surface area contributed by atoms with Crippen LogP contribution in [0.5, 0.6) is 0 Å². The molecular formula is C21H16N6O2. The van der Waals surface area contributed by atoms with E-state index in [9.17, 15) is 9.59 Å². The molecule has 0 spiro atoms. The second kappa shape index (κ2) is 6.90. The van der Waals surface area contributed by atoms with Gasteiger partial charge >= 0.3 is 0 Å². The highest BCUT2D eigenvalue weighted by Crippen LogP contribution is 2.39. The van der Waals surface area contributed by atoms with Crippen LogP contribution in [0.4, 0.5) is 17.1 Å². The molecule has 1 aliphatic carbocycles. The molecule has 3 aromatic rings. The molecule has 1 aliphatic heterocycles. The van der Waals surface area contributed by atoms with Gasteiger partial charge in [-0.1, -0.05) is 6.07 Å². The van der Waals surface area contributed by atoms with Crippen molar-refractivity contribution < 1.29 is 9.59 Å². The molecule has 8 nitrogen and oxygen atoms in total. The SMILES string of the molecule is O=C1N=Cc2ccc(NC(=O)c3nc(C4CC4)ccc3Nc3cncnc3)cc21. The van der Waals surface area contributed by atoms with E-state index in [0.717, 1.165) is 24.1 Å². The zero-order valence-electron chi connectivity index (χ0n) is 15.3. The highest BCUT2D eigenvalue weighted by atomic mass is 16.2. The lowest BCUT2D eigenvalue weighted by molar-refractivity contribution is 0.100. The predicted octanol–water partition coefficient (Wildman–Crippen LogP) is 3.32. The molecule has 0 saturated heterocycles. The largest absolute Gasteiger partial charge is 0.351 e. The Morgan fingerprint density at radius 1 is 1.03 bits per heavy atom. The summed E-state index contributed by atoms with van der Waals surface area (Å²) in [5, 5.41) is 5.99. The lowest BCUT2D eigenvalue weighted by Crippen LogP contribution is -2.17. The molecule has 0 unspecified atom stereocenters. The maximum atomic E-state index is 13.0. The molecule has 2 amide bonds. The Balaban J connectivity index is 1.45. The van der Waals surface area contributed by atoms with E-state index in [1.807, 2.05) is 12.1 Å². The van der Waals surface area contributed by atoms with E-state index in [4.69, 9.17) is 0 Å². The summed E-state index contributed by atoms with van der Waals surface area (Å²) in [5.41, 5.74) is 4.13. The Bertz CT molecular complexity index is 1160. The van der Waals surface area contributed by atoms with Gasteiger partial charge in [-0.05, 0) is 37.1 Å². The van der Waals surface area contributed by atoms with Crippen molar-refractivity contribution >= 4 is 35.1 Å². The van der Waals surface area contributed by atoms with Crippen molar-refractivity contribution in [1.29, 1.82) is 0 Å². The molecule has 0 atom stereocenters. The number of aromatic nitrogens is 3. The number of rotatable bonds is 5. The van der Waals surface area contributed by atoms with Crippen molar-refractivity contribution in [1.82, 2.24) is 15.0 Å². The molecule has 1 saturated carbocycles. The maximum Gasteiger partial charge on any atom is 0.277 e. The number of carbonyl (C=O) groups is 2. The third kappa shape index (κ3) is 3.47. The van der Waals surface area contributed by atoms with Gasteiger partial charge < -0.3 is 10.6 Å². The van der Waals surface area contributed by atoms with E-state index < -0.39 is 0 Å². The summed E-state index contributed by atoms with van der Waals surface area (Å²) in [7, 11) is 0. The molecule has 5 rings (SSSR count). The number of hydrogen-bond donors (Lipinski definition) is 2. The number of hydrogen-bond acceptors (Lipinski definition) is 6. The summed E-state index contributed by atoms with van der Waals surface area (Å²) in [6.07, 6.45) is 8.37. The highest BCUT2D eigenvalue weighted by Gasteiger charge is 2.27. The number of carbonyl (C=O) groups excluding carboxylic acids is 2. The zero-order chi connectivity index (χ0) is 19.8. The fourth-order valence-electron chi connectivity index (χ4n) is 3.19. The number of fused-ring (bicyclic) bond motifs is 1. The van der Waals surface area contributed by atoms with Crippen molar-refractivity contribution in [2.45, 2.75) is 18.8 Å². The first kappa shape index (κ1) is 17.2. The average Bonchev–Trinajstić information content (AvgIpc) is 3.53. The van der Waals surface area contributed by atoms with Crippen molar-refractivity contribution in [3.63, 3.8) is 0 Å². The fraction of sp³-hybridized carbons (Fsp3) is 0.143. The minimum Gasteiger partial charge on any atom is -0.351 e. The fourth-order valence-corrected chi connectivity index (χ4v) is 3.19. The van der Waals surface area contributed by atoms with Gasteiger partial charge in [0.2, 0.25) is 0 Å². The Hall–Kier alpha value is -3.94. The third-order valence-corrected chi connectivity index (χ3v) is 4.83. The molecule has 2 aromatic heterocycles. The Morgan fingerprint density at radius 3 is 2.66 bits per heavy atom. The van der Waals surface area contributed by atoms with Crippen molar-refractivity contribution in [2.24, 2.45) is 4.99 Å². The van der Waals surface area contributed by atoms with Gasteiger partial charge in [0, 0.05) is 29.1 Å². The molecule has 1 aromatic carbocycles. The standard InChI is InChI=1S/C21H16N6O2/c28-20-16-7-14(4-3-13(16)8-24-20)26-21(29)19-18(25-15-9-22-11-23-10-15)6-5-17(27-19)12-1-2-12/h3-12,25H,1-2H2,(H,26,29). The summed E-state index contributed by atoms with van der Waals surface area (Å²) >= 11 is 0. The summed E-state index contributed by atoms with van der Waals surface area (Å²) in [4.78, 5) is 41.2. The molecule has 29 heavy (non-hydrogen) atoms. The van der Waals surface area contributed by atoms with Crippen LogP contribution in [-0.4, -0.2) is 33.0 Å². The Labute approximate surface area is 166 Å². The topological polar surface area (TPSA) is 109 Å². The van der Waals surface area contributed by atoms with Gasteiger partial charge in [0.1, 0.15) is 6.33 Å². The highest BCUT2D eigenvalue weighted by molar-refractivity contribution is 6.14. The van der Waals surface area contributed by atoms with Crippen molar-refractivity contribution in [3.05, 3.63) is 71.6 Å². The maximum absolute atomic E-state index is 13.0. The molecule has 1 fully saturated rings. The van der Waals surface area contributed by atoms with Gasteiger partial charge in [0.25, 0.3) is 11.8 Å². The van der Waals surface area contributed by atoms with Crippen LogP contribution in [0.3, 0.4) is 0 Å². The van der Waals surface area contributed by atoms with Crippen LogP contribution in [-0.2, 0) is 0 Å². The number of pyridine rings is 1. The minimum absolute atomic E-state index is 0.279. The summed E-state index contributed by atoms with van der Waals surface area (Å²) in [6, 6.07) is 8.91. The van der Waals surface area contributed by atoms with Crippen LogP contribution < -0.4 is 10.6 Å². The molecule has 3 heterocycles. The van der Waals surface area contributed by atoms with Gasteiger partial charge in [-0.3, -0.25) is 9.59 Å². The number of nitrogens with zero attached hydrogens (tertiary/aromatic N) is 4. The first-order chi connectivity index (χ1) is 14.2. The molecule has 0 bridgehead atoms. The van der Waals surface area contributed by atoms with Crippen LogP contribution in [0.2, 0.25) is 0 Å². The number of nitrogens with one attached hydrogen (secondary N) is 2. The Kier molecular flexibility index (Phi) is 4.09. The molecule has 2 aliphatic rings. The van der Waals surface area contributed by atoms with Gasteiger partial charge in [0.05, 0.1) is 29.3 Å². The first-order valence-corrected chi connectivity index (χ1v) is 9.24. The van der Waals surface area contributed by atoms with E-state index in [1.165, 1.54) is 12.5 Å². The quantitative estimate of drug-likeness (QED) is 0.698. The van der Waals surface area contributed by atoms with Gasteiger partial charge in [0.15, 0.2) is 5.69 Å². The van der Waals surface area contributed by atoms with Crippen LogP contribution in [0, 0.1) is 0 Å². The molecule has 2 N–H and O–H groups in total. The summed E-state index contributed by atoms with van der Waals surface area (Å²) in [6.45, 7) is 0. The number of anilines is 3. The van der Waals surface area contributed by atoms with Crippen molar-refractivity contribution in [3.8, 4) is 0 Å². The van der Waals surface area contributed by atoms with Crippen LogP contribution >= 0.6 is 0 Å². The molecule has 0 radical (unpaired) electrons. The number of amides is 2. The smallest absolute Gasteiger partial charge is 0.277 e. The zero-order valence-corrected chi connectivity index (χ0v) is 15.3. The lowest BCUT2D eigenvalue weighted by atomic mass is 10.1. The number of aliphatic imine (C=N–C) groups is 1. The van der Waals surface area contributed by atoms with E-state index in [1.54, 1.807) is 30.6 Å². The van der Waals surface area contributed by atoms with Crippen LogP contribution in [0.1, 0.15) is 50.9 Å². The molecule has 8 heteroatoms. The second-order valence-corrected chi connectivity index (χ2v) is 6.98. The summed E-state index contributed by atoms with van der Waals surface area (Å²) < 4.78 is 0. The molecular weight excluding hydrogens is 368 g/mol. The van der Waals surface area contributed by atoms with E-state index in [0.29, 0.717) is 28.5 Å². The predicted molar refractivity (Wildman–Crippen MR) is 108 cm³/mol. The number of benzene rings is 1. The third-order valence-electron chi connectivity index (χ3n) is 4.83. The average molecular weight is 384 g/mol. The van der Waals surface area contributed by atoms with Crippen LogP contribution in [0.15, 0.2) is 54.0 Å². The molecule has 142 valence electrons.